The molecule has 3 rings (SSSR count). The predicted octanol–water partition coefficient (Wildman–Crippen LogP) is 2.07. The first-order valence-corrected chi connectivity index (χ1v) is 5.91. The second-order valence-corrected chi connectivity index (χ2v) is 4.69. The van der Waals surface area contributed by atoms with Crippen LogP contribution in [0.2, 0.25) is 0 Å². The van der Waals surface area contributed by atoms with Gasteiger partial charge >= 0.3 is 5.97 Å². The van der Waals surface area contributed by atoms with E-state index in [1.807, 2.05) is 0 Å². The number of rotatable bonds is 3. The predicted molar refractivity (Wildman–Crippen MR) is 61.8 cm³/mol. The molecule has 1 N–H and O–H groups in total. The first-order valence-electron chi connectivity index (χ1n) is 5.91. The van der Waals surface area contributed by atoms with Crippen LogP contribution in [0.5, 0.6) is 0 Å². The minimum atomic E-state index is -1.27. The monoisotopic (exact) mass is 249 g/mol. The van der Waals surface area contributed by atoms with Gasteiger partial charge < -0.3 is 5.11 Å². The van der Waals surface area contributed by atoms with E-state index in [-0.39, 0.29) is 5.56 Å². The highest BCUT2D eigenvalue weighted by Crippen LogP contribution is 2.28. The molecule has 0 spiro atoms. The normalized spacial score (nSPS) is 15.8. The van der Waals surface area contributed by atoms with Crippen LogP contribution < -0.4 is 0 Å². The summed E-state index contributed by atoms with van der Waals surface area (Å²) in [5.74, 6) is -1.47. The molecule has 94 valence electrons. The molecular weight excluding hydrogens is 237 g/mol. The SMILES string of the molecule is O=C(O)c1cc2c(cc1F)nnn2CC1CCC1. The molecule has 5 nitrogen and oxygen atoms in total. The lowest BCUT2D eigenvalue weighted by atomic mass is 9.85. The van der Waals surface area contributed by atoms with Crippen molar-refractivity contribution in [3.05, 3.63) is 23.5 Å². The van der Waals surface area contributed by atoms with Gasteiger partial charge in [-0.25, -0.2) is 13.9 Å². The van der Waals surface area contributed by atoms with E-state index >= 15 is 0 Å². The van der Waals surface area contributed by atoms with E-state index in [2.05, 4.69) is 10.3 Å². The maximum atomic E-state index is 13.5. The van der Waals surface area contributed by atoms with E-state index in [4.69, 9.17) is 5.11 Å². The Morgan fingerprint density at radius 3 is 2.89 bits per heavy atom. The van der Waals surface area contributed by atoms with Crippen LogP contribution >= 0.6 is 0 Å². The molecule has 1 heterocycles. The Bertz CT molecular complexity index is 619. The third kappa shape index (κ3) is 1.73. The zero-order valence-electron chi connectivity index (χ0n) is 9.64. The highest BCUT2D eigenvalue weighted by Gasteiger charge is 2.21. The zero-order valence-corrected chi connectivity index (χ0v) is 9.64. The molecule has 6 heteroatoms. The molecule has 0 bridgehead atoms. The summed E-state index contributed by atoms with van der Waals surface area (Å²) in [5, 5.41) is 16.7. The largest absolute Gasteiger partial charge is 0.478 e. The molecule has 1 aliphatic rings. The number of aromatic nitrogens is 3. The minimum Gasteiger partial charge on any atom is -0.478 e. The van der Waals surface area contributed by atoms with E-state index in [9.17, 15) is 9.18 Å². The number of halogens is 1. The van der Waals surface area contributed by atoms with Crippen LogP contribution in [0.1, 0.15) is 29.6 Å². The molecule has 1 aromatic heterocycles. The van der Waals surface area contributed by atoms with E-state index < -0.39 is 11.8 Å². The number of carboxylic acid groups (broad SMARTS) is 1. The molecule has 0 unspecified atom stereocenters. The van der Waals surface area contributed by atoms with Gasteiger partial charge in [-0.3, -0.25) is 0 Å². The van der Waals surface area contributed by atoms with Crippen LogP contribution in [0, 0.1) is 11.7 Å². The van der Waals surface area contributed by atoms with E-state index in [1.165, 1.54) is 12.5 Å². The third-order valence-corrected chi connectivity index (χ3v) is 3.49. The number of aromatic carboxylic acids is 1. The highest BCUT2D eigenvalue weighted by atomic mass is 19.1. The number of nitrogens with zero attached hydrogens (tertiary/aromatic N) is 3. The lowest BCUT2D eigenvalue weighted by Gasteiger charge is -2.24. The van der Waals surface area contributed by atoms with Crippen molar-refractivity contribution in [2.24, 2.45) is 5.92 Å². The number of benzene rings is 1. The fourth-order valence-electron chi connectivity index (χ4n) is 2.21. The van der Waals surface area contributed by atoms with Gasteiger partial charge in [-0.1, -0.05) is 11.6 Å². The average Bonchev–Trinajstić information content (AvgIpc) is 2.64. The summed E-state index contributed by atoms with van der Waals surface area (Å²) >= 11 is 0. The second kappa shape index (κ2) is 4.04. The molecule has 1 fully saturated rings. The molecule has 1 aromatic carbocycles. The van der Waals surface area contributed by atoms with E-state index in [0.29, 0.717) is 17.0 Å². The smallest absolute Gasteiger partial charge is 0.338 e. The number of carboxylic acids is 1. The van der Waals surface area contributed by atoms with Gasteiger partial charge in [0.2, 0.25) is 0 Å². The van der Waals surface area contributed by atoms with Crippen LogP contribution in [0.3, 0.4) is 0 Å². The zero-order chi connectivity index (χ0) is 12.7. The van der Waals surface area contributed by atoms with Crippen molar-refractivity contribution in [3.63, 3.8) is 0 Å². The first-order chi connectivity index (χ1) is 8.65. The lowest BCUT2D eigenvalue weighted by molar-refractivity contribution is 0.0692. The summed E-state index contributed by atoms with van der Waals surface area (Å²) < 4.78 is 15.1. The Hall–Kier alpha value is -1.98. The Labute approximate surface area is 102 Å². The van der Waals surface area contributed by atoms with Crippen molar-refractivity contribution in [1.82, 2.24) is 15.0 Å². The third-order valence-electron chi connectivity index (χ3n) is 3.49. The molecule has 1 saturated carbocycles. The van der Waals surface area contributed by atoms with Gasteiger partial charge in [0.15, 0.2) is 0 Å². The topological polar surface area (TPSA) is 68.0 Å². The van der Waals surface area contributed by atoms with Gasteiger partial charge in [-0.2, -0.15) is 0 Å². The van der Waals surface area contributed by atoms with Gasteiger partial charge in [-0.15, -0.1) is 5.10 Å². The summed E-state index contributed by atoms with van der Waals surface area (Å²) in [6, 6.07) is 2.44. The fraction of sp³-hybridized carbons (Fsp3) is 0.417. The van der Waals surface area contributed by atoms with Gasteiger partial charge in [0.05, 0.1) is 11.1 Å². The molecular formula is C12H12FN3O2. The van der Waals surface area contributed by atoms with Crippen molar-refractivity contribution in [2.75, 3.05) is 0 Å². The summed E-state index contributed by atoms with van der Waals surface area (Å²) in [7, 11) is 0. The molecule has 0 amide bonds. The van der Waals surface area contributed by atoms with E-state index in [1.54, 1.807) is 4.68 Å². The molecule has 2 aromatic rings. The Kier molecular flexibility index (Phi) is 2.50. The molecule has 0 aliphatic heterocycles. The van der Waals surface area contributed by atoms with Crippen molar-refractivity contribution in [2.45, 2.75) is 25.8 Å². The van der Waals surface area contributed by atoms with Crippen LogP contribution in [-0.4, -0.2) is 26.1 Å². The van der Waals surface area contributed by atoms with E-state index in [0.717, 1.165) is 25.5 Å². The van der Waals surface area contributed by atoms with Crippen molar-refractivity contribution in [1.29, 1.82) is 0 Å². The van der Waals surface area contributed by atoms with Crippen LogP contribution in [-0.2, 0) is 6.54 Å². The number of hydrogen-bond acceptors (Lipinski definition) is 3. The van der Waals surface area contributed by atoms with Crippen molar-refractivity contribution < 1.29 is 14.3 Å². The quantitative estimate of drug-likeness (QED) is 0.904. The summed E-state index contributed by atoms with van der Waals surface area (Å²) in [6.07, 6.45) is 3.55. The highest BCUT2D eigenvalue weighted by molar-refractivity contribution is 5.92. The van der Waals surface area contributed by atoms with Gasteiger partial charge in [0.1, 0.15) is 11.3 Å². The summed E-state index contributed by atoms with van der Waals surface area (Å²) in [5.41, 5.74) is 0.650. The molecule has 0 atom stereocenters. The molecule has 0 radical (unpaired) electrons. The summed E-state index contributed by atoms with van der Waals surface area (Å²) in [6.45, 7) is 0.723. The Morgan fingerprint density at radius 2 is 2.28 bits per heavy atom. The van der Waals surface area contributed by atoms with Crippen LogP contribution in [0.4, 0.5) is 4.39 Å². The fourth-order valence-corrected chi connectivity index (χ4v) is 2.21. The number of carbonyl (C=O) groups is 1. The minimum absolute atomic E-state index is 0.334. The first kappa shape index (κ1) is 11.1. The van der Waals surface area contributed by atoms with Crippen molar-refractivity contribution in [3.8, 4) is 0 Å². The molecule has 1 aliphatic carbocycles. The van der Waals surface area contributed by atoms with Crippen LogP contribution in [0.25, 0.3) is 11.0 Å². The maximum Gasteiger partial charge on any atom is 0.338 e. The van der Waals surface area contributed by atoms with Gasteiger partial charge in [0.25, 0.3) is 0 Å². The second-order valence-electron chi connectivity index (χ2n) is 4.69. The lowest BCUT2D eigenvalue weighted by Crippen LogP contribution is -2.18. The van der Waals surface area contributed by atoms with Crippen molar-refractivity contribution >= 4 is 17.0 Å². The molecule has 18 heavy (non-hydrogen) atoms. The Balaban J connectivity index is 2.04. The molecule has 0 saturated heterocycles. The van der Waals surface area contributed by atoms with Gasteiger partial charge in [-0.05, 0) is 24.8 Å². The number of fused-ring (bicyclic) bond motifs is 1. The van der Waals surface area contributed by atoms with Crippen LogP contribution in [0.15, 0.2) is 12.1 Å². The standard InChI is InChI=1S/C12H12FN3O2/c13-9-5-10-11(4-8(9)12(17)18)16(15-14-10)6-7-2-1-3-7/h4-5,7H,1-3,6H2,(H,17,18). The number of hydrogen-bond donors (Lipinski definition) is 1. The average molecular weight is 249 g/mol. The summed E-state index contributed by atoms with van der Waals surface area (Å²) in [4.78, 5) is 10.9. The Morgan fingerprint density at radius 1 is 1.50 bits per heavy atom. The van der Waals surface area contributed by atoms with Gasteiger partial charge in [0, 0.05) is 12.6 Å². The maximum absolute atomic E-state index is 13.5.